The number of nitrogens with zero attached hydrogens (tertiary/aromatic N) is 2. The van der Waals surface area contributed by atoms with Crippen LogP contribution in [-0.4, -0.2) is 21.8 Å². The van der Waals surface area contributed by atoms with Crippen LogP contribution >= 0.6 is 0 Å². The van der Waals surface area contributed by atoms with Gasteiger partial charge in [0.2, 0.25) is 5.92 Å². The van der Waals surface area contributed by atoms with Crippen LogP contribution in [0.5, 0.6) is 0 Å². The average Bonchev–Trinajstić information content (AvgIpc) is 2.99. The van der Waals surface area contributed by atoms with Gasteiger partial charge >= 0.3 is 6.09 Å². The third-order valence-electron chi connectivity index (χ3n) is 4.07. The van der Waals surface area contributed by atoms with Crippen molar-refractivity contribution in [2.24, 2.45) is 0 Å². The fourth-order valence-corrected chi connectivity index (χ4v) is 2.46. The van der Waals surface area contributed by atoms with Crippen LogP contribution in [0, 0.1) is 13.8 Å². The molecule has 1 aromatic heterocycles. The molecule has 26 heavy (non-hydrogen) atoms. The molecule has 0 aliphatic carbocycles. The van der Waals surface area contributed by atoms with Gasteiger partial charge in [0.25, 0.3) is 0 Å². The summed E-state index contributed by atoms with van der Waals surface area (Å²) in [6.07, 6.45) is 3.48. The van der Waals surface area contributed by atoms with Gasteiger partial charge in [0.1, 0.15) is 6.61 Å². The monoisotopic (exact) mass is 365 g/mol. The van der Waals surface area contributed by atoms with E-state index in [4.69, 9.17) is 4.74 Å². The lowest BCUT2D eigenvalue weighted by atomic mass is 10.1. The molecule has 1 heterocycles. The topological polar surface area (TPSA) is 56.1 Å². The number of ether oxygens (including phenoxy) is 1. The third-order valence-corrected chi connectivity index (χ3v) is 4.07. The number of benzene rings is 1. The molecule has 0 bridgehead atoms. The fourth-order valence-electron chi connectivity index (χ4n) is 2.46. The Morgan fingerprint density at radius 1 is 1.27 bits per heavy atom. The van der Waals surface area contributed by atoms with Crippen molar-refractivity contribution in [1.29, 1.82) is 0 Å². The van der Waals surface area contributed by atoms with Crippen LogP contribution < -0.4 is 5.32 Å². The second-order valence-corrected chi connectivity index (χ2v) is 6.64. The van der Waals surface area contributed by atoms with Crippen molar-refractivity contribution in [3.8, 4) is 0 Å². The zero-order valence-corrected chi connectivity index (χ0v) is 15.4. The highest BCUT2D eigenvalue weighted by Crippen LogP contribution is 2.20. The van der Waals surface area contributed by atoms with Crippen LogP contribution in [0.3, 0.4) is 0 Å². The van der Waals surface area contributed by atoms with Gasteiger partial charge in [-0.25, -0.2) is 13.6 Å². The number of nitrogens with one attached hydrogen (secondary N) is 1. The Morgan fingerprint density at radius 3 is 2.73 bits per heavy atom. The van der Waals surface area contributed by atoms with Crippen molar-refractivity contribution >= 4 is 11.8 Å². The van der Waals surface area contributed by atoms with E-state index in [0.717, 1.165) is 18.1 Å². The number of carbonyl (C=O) groups excluding carboxylic acids is 1. The molecular formula is C19H25F2N3O2. The second kappa shape index (κ2) is 8.78. The maximum Gasteiger partial charge on any atom is 0.412 e. The Balaban J connectivity index is 1.73. The van der Waals surface area contributed by atoms with Crippen LogP contribution in [0.1, 0.15) is 42.9 Å². The van der Waals surface area contributed by atoms with Gasteiger partial charge in [-0.15, -0.1) is 0 Å². The molecule has 1 N–H and O–H groups in total. The highest BCUT2D eigenvalue weighted by Gasteiger charge is 2.19. The van der Waals surface area contributed by atoms with Gasteiger partial charge in [0, 0.05) is 19.2 Å². The Bertz CT molecular complexity index is 739. The number of carbonyl (C=O) groups is 1. The average molecular weight is 365 g/mol. The first-order chi connectivity index (χ1) is 12.2. The molecule has 0 aliphatic heterocycles. The summed E-state index contributed by atoms with van der Waals surface area (Å²) in [5, 5.41) is 6.71. The number of aryl methyl sites for hydroxylation is 3. The predicted octanol–water partition coefficient (Wildman–Crippen LogP) is 5.07. The van der Waals surface area contributed by atoms with Crippen molar-refractivity contribution in [1.82, 2.24) is 9.78 Å². The first-order valence-corrected chi connectivity index (χ1v) is 8.63. The van der Waals surface area contributed by atoms with Crippen LogP contribution in [-0.2, 0) is 17.9 Å². The number of rotatable bonds is 8. The SMILES string of the molecule is Cc1ccc(COC(=O)Nc2cnn(CCCCC(C)(F)F)c2)cc1C. The molecule has 0 saturated carbocycles. The molecule has 142 valence electrons. The van der Waals surface area contributed by atoms with E-state index in [1.807, 2.05) is 32.0 Å². The maximum absolute atomic E-state index is 12.7. The molecule has 0 unspecified atom stereocenters. The standard InChI is InChI=1S/C19H25F2N3O2/c1-14-6-7-16(10-15(14)2)13-26-18(25)23-17-11-22-24(12-17)9-5-4-8-19(3,20)21/h6-7,10-12H,4-5,8-9,13H2,1-3H3,(H,23,25). The summed E-state index contributed by atoms with van der Waals surface area (Å²) in [6.45, 7) is 5.67. The predicted molar refractivity (Wildman–Crippen MR) is 96.4 cm³/mol. The van der Waals surface area contributed by atoms with Crippen LogP contribution in [0.25, 0.3) is 0 Å². The Hall–Kier alpha value is -2.44. The van der Waals surface area contributed by atoms with E-state index >= 15 is 0 Å². The fraction of sp³-hybridized carbons (Fsp3) is 0.474. The van der Waals surface area contributed by atoms with Crippen molar-refractivity contribution in [3.63, 3.8) is 0 Å². The summed E-state index contributed by atoms with van der Waals surface area (Å²) in [7, 11) is 0. The number of hydrogen-bond donors (Lipinski definition) is 1. The van der Waals surface area contributed by atoms with E-state index in [-0.39, 0.29) is 13.0 Å². The van der Waals surface area contributed by atoms with Crippen molar-refractivity contribution in [2.75, 3.05) is 5.32 Å². The van der Waals surface area contributed by atoms with Crippen molar-refractivity contribution in [3.05, 3.63) is 47.3 Å². The molecule has 0 saturated heterocycles. The van der Waals surface area contributed by atoms with Gasteiger partial charge in [0.15, 0.2) is 0 Å². The molecule has 2 rings (SSSR count). The highest BCUT2D eigenvalue weighted by atomic mass is 19.3. The summed E-state index contributed by atoms with van der Waals surface area (Å²) >= 11 is 0. The largest absolute Gasteiger partial charge is 0.444 e. The van der Waals surface area contributed by atoms with E-state index in [0.29, 0.717) is 25.1 Å². The first kappa shape index (κ1) is 19.9. The zero-order valence-electron chi connectivity index (χ0n) is 15.4. The van der Waals surface area contributed by atoms with Gasteiger partial charge < -0.3 is 4.74 Å². The number of halogens is 2. The van der Waals surface area contributed by atoms with Gasteiger partial charge in [0.05, 0.1) is 11.9 Å². The third kappa shape index (κ3) is 6.82. The van der Waals surface area contributed by atoms with Crippen LogP contribution in [0.4, 0.5) is 19.3 Å². The number of unbranched alkanes of at least 4 members (excludes halogenated alkanes) is 1. The number of aromatic nitrogens is 2. The molecule has 2 aromatic rings. The minimum Gasteiger partial charge on any atom is -0.444 e. The summed E-state index contributed by atoms with van der Waals surface area (Å²) in [5.74, 6) is -2.63. The lowest BCUT2D eigenvalue weighted by molar-refractivity contribution is 0.0102. The minimum absolute atomic E-state index is 0.135. The number of hydrogen-bond acceptors (Lipinski definition) is 3. The molecule has 0 fully saturated rings. The van der Waals surface area contributed by atoms with E-state index < -0.39 is 12.0 Å². The molecule has 7 heteroatoms. The second-order valence-electron chi connectivity index (χ2n) is 6.64. The maximum atomic E-state index is 12.7. The van der Waals surface area contributed by atoms with Gasteiger partial charge in [-0.2, -0.15) is 5.10 Å². The molecule has 1 amide bonds. The smallest absolute Gasteiger partial charge is 0.412 e. The van der Waals surface area contributed by atoms with Crippen molar-refractivity contribution in [2.45, 2.75) is 59.1 Å². The van der Waals surface area contributed by atoms with E-state index in [1.165, 1.54) is 11.8 Å². The van der Waals surface area contributed by atoms with E-state index in [9.17, 15) is 13.6 Å². The summed E-state index contributed by atoms with van der Waals surface area (Å²) in [4.78, 5) is 11.9. The molecule has 0 spiro atoms. The normalized spacial score (nSPS) is 11.4. The molecule has 0 radical (unpaired) electrons. The molecular weight excluding hydrogens is 340 g/mol. The Kier molecular flexibility index (Phi) is 6.71. The highest BCUT2D eigenvalue weighted by molar-refractivity contribution is 5.84. The van der Waals surface area contributed by atoms with E-state index in [2.05, 4.69) is 10.4 Å². The molecule has 1 aromatic carbocycles. The van der Waals surface area contributed by atoms with Gasteiger partial charge in [-0.3, -0.25) is 10.00 Å². The van der Waals surface area contributed by atoms with Gasteiger partial charge in [-0.1, -0.05) is 18.2 Å². The van der Waals surface area contributed by atoms with E-state index in [1.54, 1.807) is 10.9 Å². The minimum atomic E-state index is -2.63. The molecule has 0 aliphatic rings. The molecule has 0 atom stereocenters. The summed E-state index contributed by atoms with van der Waals surface area (Å²) in [6, 6.07) is 5.90. The first-order valence-electron chi connectivity index (χ1n) is 8.63. The lowest BCUT2D eigenvalue weighted by Crippen LogP contribution is -2.13. The number of amides is 1. The lowest BCUT2D eigenvalue weighted by Gasteiger charge is -2.09. The van der Waals surface area contributed by atoms with Gasteiger partial charge in [-0.05, 0) is 50.3 Å². The summed E-state index contributed by atoms with van der Waals surface area (Å²) < 4.78 is 32.3. The molecule has 5 nitrogen and oxygen atoms in total. The summed E-state index contributed by atoms with van der Waals surface area (Å²) in [5.41, 5.74) is 3.77. The number of anilines is 1. The number of alkyl halides is 2. The van der Waals surface area contributed by atoms with Crippen LogP contribution in [0.15, 0.2) is 30.6 Å². The Labute approximate surface area is 152 Å². The van der Waals surface area contributed by atoms with Crippen molar-refractivity contribution < 1.29 is 18.3 Å². The zero-order chi connectivity index (χ0) is 19.2. The Morgan fingerprint density at radius 2 is 2.04 bits per heavy atom. The quantitative estimate of drug-likeness (QED) is 0.664. The van der Waals surface area contributed by atoms with Crippen LogP contribution in [0.2, 0.25) is 0 Å².